The summed E-state index contributed by atoms with van der Waals surface area (Å²) in [6.07, 6.45) is 3.51. The van der Waals surface area contributed by atoms with Crippen molar-refractivity contribution >= 4 is 50.8 Å². The number of halogens is 4. The molecule has 3 aromatic rings. The molecule has 1 amide bonds. The van der Waals surface area contributed by atoms with Gasteiger partial charge in [-0.25, -0.2) is 8.42 Å². The third-order valence-corrected chi connectivity index (χ3v) is 11.2. The molecule has 292 valence electrons. The molecule has 2 aliphatic heterocycles. The van der Waals surface area contributed by atoms with E-state index in [-0.39, 0.29) is 63.8 Å². The van der Waals surface area contributed by atoms with Crippen molar-refractivity contribution in [1.82, 2.24) is 14.8 Å². The van der Waals surface area contributed by atoms with E-state index in [2.05, 4.69) is 14.6 Å². The van der Waals surface area contributed by atoms with Crippen molar-refractivity contribution in [1.29, 1.82) is 0 Å². The molecule has 2 atom stereocenters. The van der Waals surface area contributed by atoms with Gasteiger partial charge in [0.25, 0.3) is 5.91 Å². The average molecular weight is 814 g/mol. The molecule has 1 saturated heterocycles. The Morgan fingerprint density at radius 2 is 1.81 bits per heavy atom. The van der Waals surface area contributed by atoms with E-state index in [1.54, 1.807) is 0 Å². The number of benzene rings is 2. The van der Waals surface area contributed by atoms with Crippen LogP contribution < -0.4 is 13.8 Å². The molecule has 3 heterocycles. The Balaban J connectivity index is 1.20. The third-order valence-electron chi connectivity index (χ3n) is 9.37. The minimum Gasteiger partial charge on any atom is -0.489 e. The summed E-state index contributed by atoms with van der Waals surface area (Å²) >= 11 is 12.8. The van der Waals surface area contributed by atoms with E-state index in [0.29, 0.717) is 37.3 Å². The van der Waals surface area contributed by atoms with Gasteiger partial charge in [0.1, 0.15) is 12.6 Å². The van der Waals surface area contributed by atoms with Crippen LogP contribution in [0, 0.1) is 5.92 Å². The summed E-state index contributed by atoms with van der Waals surface area (Å²) in [6.45, 7) is 0.0561. The lowest BCUT2D eigenvalue weighted by Gasteiger charge is -2.28. The predicted octanol–water partition coefficient (Wildman–Crippen LogP) is 5.24. The minimum atomic E-state index is -3.74. The molecule has 0 spiro atoms. The second kappa shape index (κ2) is 17.3. The second-order valence-corrected chi connectivity index (χ2v) is 16.0. The molecule has 18 heteroatoms. The van der Waals surface area contributed by atoms with E-state index in [0.717, 1.165) is 37.1 Å². The Morgan fingerprint density at radius 1 is 1.09 bits per heavy atom. The van der Waals surface area contributed by atoms with Gasteiger partial charge in [0, 0.05) is 56.1 Å². The number of carbonyl (C=O) groups excluding carboxylic acids is 2. The lowest BCUT2D eigenvalue weighted by Crippen LogP contribution is -2.39. The zero-order valence-electron chi connectivity index (χ0n) is 29.3. The second-order valence-electron chi connectivity index (χ2n) is 13.3. The van der Waals surface area contributed by atoms with Crippen LogP contribution in [-0.2, 0) is 30.7 Å². The Hall–Kier alpha value is -3.80. The normalized spacial score (nSPS) is 18.1. The van der Waals surface area contributed by atoms with Crippen LogP contribution in [0.2, 0.25) is 10.0 Å². The Kier molecular flexibility index (Phi) is 12.8. The number of rotatable bonds is 17. The first-order valence-corrected chi connectivity index (χ1v) is 20.0. The van der Waals surface area contributed by atoms with Crippen molar-refractivity contribution < 1.29 is 50.8 Å². The third kappa shape index (κ3) is 9.89. The number of hydrogen-bond donors (Lipinski definition) is 1. The predicted molar refractivity (Wildman–Crippen MR) is 195 cm³/mol. The highest BCUT2D eigenvalue weighted by atomic mass is 35.5. The summed E-state index contributed by atoms with van der Waals surface area (Å²) in [5.74, 6) is -1.52. The zero-order chi connectivity index (χ0) is 38.6. The van der Waals surface area contributed by atoms with Crippen molar-refractivity contribution in [2.45, 2.75) is 44.6 Å². The Morgan fingerprint density at radius 3 is 2.48 bits per heavy atom. The maximum Gasteiger partial charge on any atom is 0.387 e. The molecule has 1 N–H and O–H groups in total. The molecule has 1 saturated carbocycles. The topological polar surface area (TPSA) is 148 Å². The first kappa shape index (κ1) is 39.9. The molecule has 2 aromatic carbocycles. The van der Waals surface area contributed by atoms with E-state index in [9.17, 15) is 31.9 Å². The number of nitrogens with zero attached hydrogens (tertiary/aromatic N) is 4. The van der Waals surface area contributed by atoms with E-state index < -0.39 is 47.4 Å². The van der Waals surface area contributed by atoms with Crippen LogP contribution in [0.25, 0.3) is 0 Å². The highest BCUT2D eigenvalue weighted by Gasteiger charge is 2.38. The van der Waals surface area contributed by atoms with Gasteiger partial charge in [-0.2, -0.15) is 8.78 Å². The van der Waals surface area contributed by atoms with Crippen LogP contribution in [0.1, 0.15) is 58.6 Å². The first-order valence-electron chi connectivity index (χ1n) is 17.4. The summed E-state index contributed by atoms with van der Waals surface area (Å²) < 4.78 is 75.1. The molecule has 54 heavy (non-hydrogen) atoms. The lowest BCUT2D eigenvalue weighted by atomic mass is 10.0. The summed E-state index contributed by atoms with van der Waals surface area (Å²) in [6, 6.07) is 8.51. The smallest absolute Gasteiger partial charge is 0.387 e. The number of morpholine rings is 1. The van der Waals surface area contributed by atoms with Crippen molar-refractivity contribution in [3.8, 4) is 11.5 Å². The summed E-state index contributed by atoms with van der Waals surface area (Å²) in [5.41, 5.74) is 1.19. The van der Waals surface area contributed by atoms with E-state index >= 15 is 0 Å². The first-order chi connectivity index (χ1) is 25.8. The SMILES string of the molecule is CS(=O)(=O)N(CCCN1CCOCC1)c1ccc2c(c1)C(=O)N(CC(=O)O[C@@H](Cc1c(Cl)cncc1Cl)c1ccc(OC(F)F)c(OCC3CC3)c1)C2O. The number of carbonyl (C=O) groups is 2. The van der Waals surface area contributed by atoms with Crippen LogP contribution in [0.3, 0.4) is 0 Å². The number of amides is 1. The molecule has 1 aliphatic carbocycles. The number of alkyl halides is 2. The van der Waals surface area contributed by atoms with Crippen molar-refractivity contribution in [3.05, 3.63) is 81.1 Å². The van der Waals surface area contributed by atoms with Crippen molar-refractivity contribution in [3.63, 3.8) is 0 Å². The van der Waals surface area contributed by atoms with Gasteiger partial charge >= 0.3 is 12.6 Å². The van der Waals surface area contributed by atoms with Gasteiger partial charge in [-0.1, -0.05) is 35.3 Å². The number of ether oxygens (including phenoxy) is 4. The fourth-order valence-electron chi connectivity index (χ4n) is 6.36. The standard InChI is InChI=1S/C36H40Cl2F2N4O9S/c1-54(48,49)44(10-2-9-42-11-13-50-14-12-42)24-6-7-25-26(16-24)35(47)43(34(25)46)20-33(45)52-31(17-27-28(37)18-41-19-29(27)38)23-5-8-30(53-36(39)40)32(15-23)51-21-22-3-4-22/h5-8,15-16,18-19,22,31,34,36,46H,2-4,9-14,17,20-21H2,1H3/t31-,34?/m0/s1. The maximum atomic E-state index is 13.7. The lowest BCUT2D eigenvalue weighted by molar-refractivity contribution is -0.152. The highest BCUT2D eigenvalue weighted by molar-refractivity contribution is 7.92. The van der Waals surface area contributed by atoms with Crippen LogP contribution in [0.4, 0.5) is 14.5 Å². The zero-order valence-corrected chi connectivity index (χ0v) is 31.7. The molecule has 13 nitrogen and oxygen atoms in total. The van der Waals surface area contributed by atoms with Gasteiger partial charge in [-0.3, -0.25) is 28.7 Å². The maximum absolute atomic E-state index is 13.7. The van der Waals surface area contributed by atoms with Crippen LogP contribution in [0.5, 0.6) is 11.5 Å². The molecular weight excluding hydrogens is 773 g/mol. The molecule has 1 aromatic heterocycles. The quantitative estimate of drug-likeness (QED) is 0.179. The van der Waals surface area contributed by atoms with E-state index in [1.807, 2.05) is 0 Å². The Labute approximate surface area is 321 Å². The van der Waals surface area contributed by atoms with E-state index in [4.69, 9.17) is 37.4 Å². The van der Waals surface area contributed by atoms with E-state index in [1.165, 1.54) is 53.1 Å². The average Bonchev–Trinajstić information content (AvgIpc) is 3.93. The molecule has 3 aliphatic rings. The van der Waals surface area contributed by atoms with Gasteiger partial charge in [0.15, 0.2) is 17.7 Å². The molecule has 2 fully saturated rings. The van der Waals surface area contributed by atoms with Crippen molar-refractivity contribution in [2.75, 3.05) is 63.1 Å². The highest BCUT2D eigenvalue weighted by Crippen LogP contribution is 2.39. The number of aromatic nitrogens is 1. The largest absolute Gasteiger partial charge is 0.489 e. The number of pyridine rings is 1. The summed E-state index contributed by atoms with van der Waals surface area (Å²) in [4.78, 5) is 34.3. The van der Waals surface area contributed by atoms with Gasteiger partial charge in [-0.15, -0.1) is 0 Å². The molecular formula is C36H40Cl2F2N4O9S. The summed E-state index contributed by atoms with van der Waals surface area (Å²) in [5, 5.41) is 11.5. The number of fused-ring (bicyclic) bond motifs is 1. The fourth-order valence-corrected chi connectivity index (χ4v) is 7.83. The summed E-state index contributed by atoms with van der Waals surface area (Å²) in [7, 11) is -3.74. The Bertz CT molecular complexity index is 1930. The number of esters is 1. The molecule has 1 unspecified atom stereocenters. The van der Waals surface area contributed by atoms with Gasteiger partial charge in [0.05, 0.1) is 41.8 Å². The number of aliphatic hydroxyl groups is 1. The van der Waals surface area contributed by atoms with Crippen LogP contribution >= 0.6 is 23.2 Å². The number of sulfonamides is 1. The molecule has 0 bridgehead atoms. The van der Waals surface area contributed by atoms with Crippen LogP contribution in [-0.4, -0.2) is 106 Å². The number of hydrogen-bond acceptors (Lipinski definition) is 11. The van der Waals surface area contributed by atoms with Crippen molar-refractivity contribution in [2.24, 2.45) is 5.92 Å². The molecule has 0 radical (unpaired) electrons. The van der Waals surface area contributed by atoms with Crippen LogP contribution in [0.15, 0.2) is 48.8 Å². The molecule has 6 rings (SSSR count). The number of aliphatic hydroxyl groups excluding tert-OH is 1. The van der Waals surface area contributed by atoms with Gasteiger partial charge in [-0.05, 0) is 60.6 Å². The minimum absolute atomic E-state index is 0.0216. The van der Waals surface area contributed by atoms with Gasteiger partial charge in [0.2, 0.25) is 10.0 Å². The fraction of sp³-hybridized carbons (Fsp3) is 0.472. The van der Waals surface area contributed by atoms with Gasteiger partial charge < -0.3 is 24.1 Å². The number of anilines is 1. The monoisotopic (exact) mass is 812 g/mol.